The summed E-state index contributed by atoms with van der Waals surface area (Å²) in [7, 11) is 3.12. The molecule has 0 saturated heterocycles. The van der Waals surface area contributed by atoms with Crippen molar-refractivity contribution in [1.82, 2.24) is 20.4 Å². The number of alkyl carbamates (subject to hydrolysis) is 1. The number of nitrogens with zero attached hydrogens (tertiary/aromatic N) is 2. The zero-order valence-corrected chi connectivity index (χ0v) is 18.3. The molecule has 0 aliphatic heterocycles. The van der Waals surface area contributed by atoms with E-state index in [4.69, 9.17) is 14.2 Å². The molecule has 0 radical (unpaired) electrons. The second-order valence-electron chi connectivity index (χ2n) is 6.64. The molecule has 0 bridgehead atoms. The third-order valence-corrected chi connectivity index (χ3v) is 4.60. The number of benzene rings is 2. The third-order valence-electron chi connectivity index (χ3n) is 4.60. The number of carbonyl (C=O) groups is 2. The Morgan fingerprint density at radius 1 is 1.00 bits per heavy atom. The van der Waals surface area contributed by atoms with Gasteiger partial charge in [0, 0.05) is 24.8 Å². The fourth-order valence-corrected chi connectivity index (χ4v) is 3.07. The first-order valence-corrected chi connectivity index (χ1v) is 10.1. The lowest BCUT2D eigenvalue weighted by Crippen LogP contribution is -2.35. The summed E-state index contributed by atoms with van der Waals surface area (Å²) in [5.74, 6) is 0.833. The minimum absolute atomic E-state index is 0.225. The highest BCUT2D eigenvalue weighted by Crippen LogP contribution is 2.35. The Hall–Kier alpha value is -4.01. The van der Waals surface area contributed by atoms with Crippen LogP contribution in [0.25, 0.3) is 16.9 Å². The summed E-state index contributed by atoms with van der Waals surface area (Å²) in [5, 5.41) is 10.0. The van der Waals surface area contributed by atoms with Gasteiger partial charge >= 0.3 is 6.09 Å². The molecule has 3 aromatic rings. The Morgan fingerprint density at radius 2 is 1.75 bits per heavy atom. The van der Waals surface area contributed by atoms with E-state index in [-0.39, 0.29) is 25.6 Å². The van der Waals surface area contributed by atoms with Gasteiger partial charge < -0.3 is 24.8 Å². The van der Waals surface area contributed by atoms with E-state index in [0.717, 1.165) is 5.69 Å². The van der Waals surface area contributed by atoms with Gasteiger partial charge in [0.1, 0.15) is 17.2 Å². The minimum Gasteiger partial charge on any atom is -0.497 e. The maximum Gasteiger partial charge on any atom is 0.407 e. The van der Waals surface area contributed by atoms with Crippen molar-refractivity contribution in [2.45, 2.75) is 6.92 Å². The lowest BCUT2D eigenvalue weighted by molar-refractivity contribution is 0.0953. The number of para-hydroxylation sites is 1. The van der Waals surface area contributed by atoms with Crippen LogP contribution in [-0.2, 0) is 4.74 Å². The van der Waals surface area contributed by atoms with Gasteiger partial charge in [0.25, 0.3) is 5.91 Å². The Kier molecular flexibility index (Phi) is 7.69. The van der Waals surface area contributed by atoms with E-state index in [1.165, 1.54) is 0 Å². The fraction of sp³-hybridized carbons (Fsp3) is 0.261. The molecule has 9 nitrogen and oxygen atoms in total. The lowest BCUT2D eigenvalue weighted by Gasteiger charge is -2.11. The molecule has 2 N–H and O–H groups in total. The van der Waals surface area contributed by atoms with E-state index < -0.39 is 6.09 Å². The van der Waals surface area contributed by atoms with Gasteiger partial charge in [-0.3, -0.25) is 4.79 Å². The molecule has 32 heavy (non-hydrogen) atoms. The summed E-state index contributed by atoms with van der Waals surface area (Å²) in [6, 6.07) is 14.8. The van der Waals surface area contributed by atoms with Crippen LogP contribution in [0.2, 0.25) is 0 Å². The first-order chi connectivity index (χ1) is 15.6. The van der Waals surface area contributed by atoms with Crippen molar-refractivity contribution in [3.05, 3.63) is 60.3 Å². The van der Waals surface area contributed by atoms with E-state index in [0.29, 0.717) is 28.3 Å². The van der Waals surface area contributed by atoms with Gasteiger partial charge in [0.05, 0.1) is 32.1 Å². The van der Waals surface area contributed by atoms with Crippen LogP contribution in [0.15, 0.2) is 54.7 Å². The number of amides is 2. The van der Waals surface area contributed by atoms with Crippen LogP contribution in [0.3, 0.4) is 0 Å². The lowest BCUT2D eigenvalue weighted by atomic mass is 10.1. The van der Waals surface area contributed by atoms with Gasteiger partial charge in [-0.1, -0.05) is 18.2 Å². The molecule has 3 rings (SSSR count). The van der Waals surface area contributed by atoms with Crippen LogP contribution < -0.4 is 20.1 Å². The second-order valence-corrected chi connectivity index (χ2v) is 6.64. The molecule has 0 aliphatic rings. The highest BCUT2D eigenvalue weighted by Gasteiger charge is 2.22. The van der Waals surface area contributed by atoms with Crippen molar-refractivity contribution in [2.75, 3.05) is 33.9 Å². The Morgan fingerprint density at radius 3 is 2.44 bits per heavy atom. The molecule has 2 amide bonds. The van der Waals surface area contributed by atoms with Crippen LogP contribution in [0.5, 0.6) is 11.5 Å². The monoisotopic (exact) mass is 438 g/mol. The molecule has 1 aromatic heterocycles. The second kappa shape index (κ2) is 10.9. The summed E-state index contributed by atoms with van der Waals surface area (Å²) in [6.45, 7) is 2.46. The van der Waals surface area contributed by atoms with E-state index in [9.17, 15) is 9.59 Å². The molecule has 0 unspecified atom stereocenters. The van der Waals surface area contributed by atoms with Crippen LogP contribution in [0.4, 0.5) is 4.79 Å². The minimum atomic E-state index is -0.527. The summed E-state index contributed by atoms with van der Waals surface area (Å²) in [4.78, 5) is 24.4. The molecule has 9 heteroatoms. The molecular formula is C23H26N4O5. The maximum absolute atomic E-state index is 13.0. The quantitative estimate of drug-likeness (QED) is 0.498. The van der Waals surface area contributed by atoms with Crippen molar-refractivity contribution in [3.8, 4) is 28.4 Å². The number of methoxy groups -OCH3 is 2. The molecule has 0 aliphatic carbocycles. The normalized spacial score (nSPS) is 10.3. The summed E-state index contributed by atoms with van der Waals surface area (Å²) in [6.07, 6.45) is 1.14. The zero-order chi connectivity index (χ0) is 22.9. The Labute approximate surface area is 186 Å². The van der Waals surface area contributed by atoms with Gasteiger partial charge in [0.2, 0.25) is 0 Å². The van der Waals surface area contributed by atoms with Gasteiger partial charge in [-0.25, -0.2) is 9.48 Å². The average Bonchev–Trinajstić information content (AvgIpc) is 3.27. The van der Waals surface area contributed by atoms with Crippen molar-refractivity contribution in [1.29, 1.82) is 0 Å². The number of hydrogen-bond acceptors (Lipinski definition) is 6. The Balaban J connectivity index is 1.92. The number of carbonyl (C=O) groups excluding carboxylic acids is 2. The molecule has 0 atom stereocenters. The molecular weight excluding hydrogens is 412 g/mol. The number of aromatic nitrogens is 2. The zero-order valence-electron chi connectivity index (χ0n) is 18.3. The van der Waals surface area contributed by atoms with Gasteiger partial charge in [-0.2, -0.15) is 5.10 Å². The van der Waals surface area contributed by atoms with Crippen molar-refractivity contribution >= 4 is 12.0 Å². The molecule has 0 saturated carbocycles. The van der Waals surface area contributed by atoms with Gasteiger partial charge in [-0.05, 0) is 37.3 Å². The van der Waals surface area contributed by atoms with E-state index in [2.05, 4.69) is 15.7 Å². The number of rotatable bonds is 9. The van der Waals surface area contributed by atoms with E-state index in [1.54, 1.807) is 50.2 Å². The predicted octanol–water partition coefficient (Wildman–Crippen LogP) is 3.03. The highest BCUT2D eigenvalue weighted by atomic mass is 16.5. The number of nitrogens with one attached hydrogen (secondary N) is 2. The fourth-order valence-electron chi connectivity index (χ4n) is 3.07. The molecule has 1 heterocycles. The van der Waals surface area contributed by atoms with E-state index in [1.807, 2.05) is 30.3 Å². The van der Waals surface area contributed by atoms with Crippen LogP contribution in [0.1, 0.15) is 17.3 Å². The van der Waals surface area contributed by atoms with Crippen molar-refractivity contribution in [2.24, 2.45) is 0 Å². The van der Waals surface area contributed by atoms with E-state index >= 15 is 0 Å². The molecule has 168 valence electrons. The van der Waals surface area contributed by atoms with Crippen LogP contribution >= 0.6 is 0 Å². The van der Waals surface area contributed by atoms with Crippen molar-refractivity contribution < 1.29 is 23.8 Å². The molecule has 0 spiro atoms. The average molecular weight is 438 g/mol. The summed E-state index contributed by atoms with van der Waals surface area (Å²) >= 11 is 0. The standard InChI is InChI=1S/C23H26N4O5/c1-4-32-23(29)25-13-12-24-22(28)19-15-27(16-8-6-5-7-9-16)26-21(19)18-14-17(30-2)10-11-20(18)31-3/h5-11,14-15H,4,12-13H2,1-3H3,(H,24,28)(H,25,29). The molecule has 0 fully saturated rings. The number of hydrogen-bond donors (Lipinski definition) is 2. The first-order valence-electron chi connectivity index (χ1n) is 10.1. The predicted molar refractivity (Wildman–Crippen MR) is 119 cm³/mol. The smallest absolute Gasteiger partial charge is 0.407 e. The topological polar surface area (TPSA) is 104 Å². The first kappa shape index (κ1) is 22.7. The SMILES string of the molecule is CCOC(=O)NCCNC(=O)c1cn(-c2ccccc2)nc1-c1cc(OC)ccc1OC. The summed E-state index contributed by atoms with van der Waals surface area (Å²) in [5.41, 5.74) is 2.23. The largest absolute Gasteiger partial charge is 0.497 e. The van der Waals surface area contributed by atoms with Gasteiger partial charge in [0.15, 0.2) is 0 Å². The summed E-state index contributed by atoms with van der Waals surface area (Å²) < 4.78 is 17.3. The van der Waals surface area contributed by atoms with Crippen LogP contribution in [0, 0.1) is 0 Å². The molecule has 2 aromatic carbocycles. The maximum atomic E-state index is 13.0. The van der Waals surface area contributed by atoms with Crippen molar-refractivity contribution in [3.63, 3.8) is 0 Å². The Bertz CT molecular complexity index is 1070. The highest BCUT2D eigenvalue weighted by molar-refractivity contribution is 6.00. The number of ether oxygens (including phenoxy) is 3. The van der Waals surface area contributed by atoms with Gasteiger partial charge in [-0.15, -0.1) is 0 Å². The third kappa shape index (κ3) is 5.37. The van der Waals surface area contributed by atoms with Crippen LogP contribution in [-0.4, -0.2) is 55.7 Å².